The summed E-state index contributed by atoms with van der Waals surface area (Å²) < 4.78 is 51.7. The first kappa shape index (κ1) is 30.6. The molecular formula is C28H34ClF3N8O3. The van der Waals surface area contributed by atoms with Crippen LogP contribution in [0.5, 0.6) is 0 Å². The molecule has 1 saturated heterocycles. The third-order valence-corrected chi connectivity index (χ3v) is 7.87. The Kier molecular flexibility index (Phi) is 8.59. The molecule has 1 aliphatic carbocycles. The quantitative estimate of drug-likeness (QED) is 0.328. The number of benzene rings is 1. The molecule has 4 N–H and O–H groups in total. The van der Waals surface area contributed by atoms with Gasteiger partial charge in [-0.3, -0.25) is 9.36 Å². The zero-order valence-corrected chi connectivity index (χ0v) is 24.8. The SMILES string of the molecule is CC(C)(C)OC(=O)N1CC[C@H](Nc2ncc3nc(Nc4c(F)cc(Cl)cc4F)n(C4CCC(C(N)=O)CC4)c3n2)[C@@H](F)C1. The van der Waals surface area contributed by atoms with Gasteiger partial charge in [-0.15, -0.1) is 0 Å². The van der Waals surface area contributed by atoms with Gasteiger partial charge in [-0.25, -0.2) is 27.9 Å². The van der Waals surface area contributed by atoms with Gasteiger partial charge >= 0.3 is 6.09 Å². The molecule has 2 fully saturated rings. The van der Waals surface area contributed by atoms with E-state index in [4.69, 9.17) is 22.1 Å². The van der Waals surface area contributed by atoms with E-state index >= 15 is 4.39 Å². The number of rotatable bonds is 6. The molecule has 0 radical (unpaired) electrons. The molecular weight excluding hydrogens is 589 g/mol. The normalized spacial score (nSPS) is 22.8. The summed E-state index contributed by atoms with van der Waals surface area (Å²) in [4.78, 5) is 38.9. The first-order chi connectivity index (χ1) is 20.3. The molecule has 1 saturated carbocycles. The number of aromatic nitrogens is 4. The summed E-state index contributed by atoms with van der Waals surface area (Å²) in [5, 5.41) is 5.69. The van der Waals surface area contributed by atoms with Gasteiger partial charge in [0.05, 0.1) is 18.8 Å². The first-order valence-electron chi connectivity index (χ1n) is 14.1. The molecule has 11 nitrogen and oxygen atoms in total. The lowest BCUT2D eigenvalue weighted by Gasteiger charge is -2.35. The number of alkyl halides is 1. The lowest BCUT2D eigenvalue weighted by molar-refractivity contribution is -0.122. The van der Waals surface area contributed by atoms with Crippen molar-refractivity contribution in [2.75, 3.05) is 23.7 Å². The minimum atomic E-state index is -1.41. The first-order valence-corrected chi connectivity index (χ1v) is 14.5. The molecule has 2 amide bonds. The largest absolute Gasteiger partial charge is 0.444 e. The van der Waals surface area contributed by atoms with Crippen molar-refractivity contribution in [2.45, 2.75) is 76.7 Å². The van der Waals surface area contributed by atoms with Gasteiger partial charge in [-0.05, 0) is 65.0 Å². The summed E-state index contributed by atoms with van der Waals surface area (Å²) in [5.74, 6) is -2.19. The van der Waals surface area contributed by atoms with Crippen molar-refractivity contribution in [1.82, 2.24) is 24.4 Å². The number of primary amides is 1. The molecule has 2 atom stereocenters. The fraction of sp³-hybridized carbons (Fsp3) is 0.536. The van der Waals surface area contributed by atoms with Crippen LogP contribution >= 0.6 is 11.6 Å². The van der Waals surface area contributed by atoms with Crippen molar-refractivity contribution in [1.29, 1.82) is 0 Å². The fourth-order valence-corrected chi connectivity index (χ4v) is 5.70. The standard InChI is InChI=1S/C28H34ClF3N8O3/c1-28(2,3)43-27(42)39-9-8-20(19(32)13-39)35-25-34-12-21-24(38-25)40(16-6-4-14(5-7-16)23(33)41)26(36-21)37-22-17(30)10-15(29)11-18(22)31/h10-12,14,16,19-20H,4-9,13H2,1-3H3,(H2,33,41)(H,36,37)(H,34,35,38)/t14?,16?,19-,20-/m0/s1. The van der Waals surface area contributed by atoms with Crippen LogP contribution in [0, 0.1) is 17.6 Å². The number of hydrogen-bond donors (Lipinski definition) is 3. The number of piperidine rings is 1. The number of nitrogens with one attached hydrogen (secondary N) is 2. The zero-order chi connectivity index (χ0) is 31.1. The van der Waals surface area contributed by atoms with Crippen LogP contribution < -0.4 is 16.4 Å². The second-order valence-corrected chi connectivity index (χ2v) is 12.4. The molecule has 5 rings (SSSR count). The number of anilines is 3. The third kappa shape index (κ3) is 6.89. The van der Waals surface area contributed by atoms with Gasteiger partial charge in [0.15, 0.2) is 17.3 Å². The van der Waals surface area contributed by atoms with Crippen molar-refractivity contribution in [3.05, 3.63) is 35.0 Å². The number of nitrogens with two attached hydrogens (primary N) is 1. The fourth-order valence-electron chi connectivity index (χ4n) is 5.51. The monoisotopic (exact) mass is 622 g/mol. The summed E-state index contributed by atoms with van der Waals surface area (Å²) in [6.07, 6.45) is 1.89. The van der Waals surface area contributed by atoms with Crippen LogP contribution in [0.4, 0.5) is 35.5 Å². The Morgan fingerprint density at radius 1 is 1.09 bits per heavy atom. The zero-order valence-electron chi connectivity index (χ0n) is 24.0. The van der Waals surface area contributed by atoms with E-state index in [-0.39, 0.29) is 47.9 Å². The molecule has 3 heterocycles. The summed E-state index contributed by atoms with van der Waals surface area (Å²) in [6.45, 7) is 5.37. The van der Waals surface area contributed by atoms with Crippen LogP contribution in [0.25, 0.3) is 11.2 Å². The van der Waals surface area contributed by atoms with Crippen LogP contribution in [0.2, 0.25) is 5.02 Å². The third-order valence-electron chi connectivity index (χ3n) is 7.65. The maximum Gasteiger partial charge on any atom is 0.410 e. The number of halogens is 4. The maximum absolute atomic E-state index is 15.2. The molecule has 0 spiro atoms. The Balaban J connectivity index is 1.41. The summed E-state index contributed by atoms with van der Waals surface area (Å²) >= 11 is 5.79. The van der Waals surface area contributed by atoms with Gasteiger partial charge in [0.2, 0.25) is 17.8 Å². The van der Waals surface area contributed by atoms with E-state index < -0.39 is 41.2 Å². The molecule has 2 aromatic heterocycles. The maximum atomic E-state index is 15.2. The number of imidazole rings is 1. The van der Waals surface area contributed by atoms with Crippen LogP contribution in [0.15, 0.2) is 18.3 Å². The van der Waals surface area contributed by atoms with Gasteiger partial charge in [-0.2, -0.15) is 4.98 Å². The molecule has 2 aliphatic rings. The minimum Gasteiger partial charge on any atom is -0.444 e. The van der Waals surface area contributed by atoms with Crippen LogP contribution in [-0.2, 0) is 9.53 Å². The average Bonchev–Trinajstić information content (AvgIpc) is 3.28. The Bertz CT molecular complexity index is 1500. The number of amides is 2. The Labute approximate surface area is 251 Å². The number of nitrogens with zero attached hydrogens (tertiary/aromatic N) is 5. The molecule has 43 heavy (non-hydrogen) atoms. The van der Waals surface area contributed by atoms with E-state index in [1.165, 1.54) is 11.1 Å². The summed E-state index contributed by atoms with van der Waals surface area (Å²) in [5.41, 5.74) is 5.10. The van der Waals surface area contributed by atoms with Crippen molar-refractivity contribution in [3.8, 4) is 0 Å². The van der Waals surface area contributed by atoms with E-state index in [2.05, 4.69) is 25.6 Å². The number of carbonyl (C=O) groups is 2. The highest BCUT2D eigenvalue weighted by atomic mass is 35.5. The van der Waals surface area contributed by atoms with Gasteiger partial charge < -0.3 is 26.0 Å². The van der Waals surface area contributed by atoms with Crippen LogP contribution in [-0.4, -0.2) is 67.3 Å². The molecule has 232 valence electrons. The number of hydrogen-bond acceptors (Lipinski definition) is 8. The van der Waals surface area contributed by atoms with E-state index in [0.29, 0.717) is 43.3 Å². The lowest BCUT2D eigenvalue weighted by atomic mass is 9.85. The summed E-state index contributed by atoms with van der Waals surface area (Å²) in [7, 11) is 0. The molecule has 1 aliphatic heterocycles. The predicted octanol–water partition coefficient (Wildman–Crippen LogP) is 5.48. The van der Waals surface area contributed by atoms with Crippen molar-refractivity contribution < 1.29 is 27.5 Å². The molecule has 1 aromatic carbocycles. The predicted molar refractivity (Wildman–Crippen MR) is 155 cm³/mol. The number of carbonyl (C=O) groups excluding carboxylic acids is 2. The molecule has 0 unspecified atom stereocenters. The van der Waals surface area contributed by atoms with Crippen molar-refractivity contribution >= 4 is 52.3 Å². The van der Waals surface area contributed by atoms with Crippen LogP contribution in [0.3, 0.4) is 0 Å². The molecule has 0 bridgehead atoms. The Morgan fingerprint density at radius 3 is 2.37 bits per heavy atom. The van der Waals surface area contributed by atoms with E-state index in [9.17, 15) is 18.4 Å². The van der Waals surface area contributed by atoms with Gasteiger partial charge in [0, 0.05) is 23.5 Å². The highest BCUT2D eigenvalue weighted by Gasteiger charge is 2.35. The Hall–Kier alpha value is -3.81. The van der Waals surface area contributed by atoms with Crippen LogP contribution in [0.1, 0.15) is 58.9 Å². The highest BCUT2D eigenvalue weighted by Crippen LogP contribution is 2.38. The van der Waals surface area contributed by atoms with Crippen molar-refractivity contribution in [2.24, 2.45) is 11.7 Å². The second kappa shape index (κ2) is 12.1. The second-order valence-electron chi connectivity index (χ2n) is 12.0. The lowest BCUT2D eigenvalue weighted by Crippen LogP contribution is -2.51. The summed E-state index contributed by atoms with van der Waals surface area (Å²) in [6, 6.07) is 1.08. The molecule has 3 aromatic rings. The van der Waals surface area contributed by atoms with E-state index in [1.807, 2.05) is 0 Å². The van der Waals surface area contributed by atoms with Gasteiger partial charge in [0.1, 0.15) is 23.0 Å². The smallest absolute Gasteiger partial charge is 0.410 e. The Morgan fingerprint density at radius 2 is 1.77 bits per heavy atom. The topological polar surface area (TPSA) is 140 Å². The highest BCUT2D eigenvalue weighted by molar-refractivity contribution is 6.30. The number of fused-ring (bicyclic) bond motifs is 1. The molecule has 15 heteroatoms. The van der Waals surface area contributed by atoms with Gasteiger partial charge in [-0.1, -0.05) is 11.6 Å². The minimum absolute atomic E-state index is 0.0940. The van der Waals surface area contributed by atoms with E-state index in [0.717, 1.165) is 12.1 Å². The van der Waals surface area contributed by atoms with E-state index in [1.54, 1.807) is 25.3 Å². The van der Waals surface area contributed by atoms with Gasteiger partial charge in [0.25, 0.3) is 0 Å². The van der Waals surface area contributed by atoms with Crippen molar-refractivity contribution in [3.63, 3.8) is 0 Å². The average molecular weight is 623 g/mol. The number of ether oxygens (including phenoxy) is 1. The number of likely N-dealkylation sites (tertiary alicyclic amines) is 1.